The maximum absolute atomic E-state index is 11.9. The third-order valence-electron chi connectivity index (χ3n) is 2.86. The number of Topliss-reactive ketones (excluding diaryl/α,β-unsaturated/α-hetero) is 1. The van der Waals surface area contributed by atoms with Gasteiger partial charge in [0.05, 0.1) is 18.4 Å². The van der Waals surface area contributed by atoms with E-state index in [1.54, 1.807) is 19.1 Å². The first kappa shape index (κ1) is 11.6. The topological polar surface area (TPSA) is 72.6 Å². The number of methoxy groups -OCH3 is 1. The Kier molecular flexibility index (Phi) is 2.85. The average molecular weight is 234 g/mol. The van der Waals surface area contributed by atoms with Crippen molar-refractivity contribution in [3.05, 3.63) is 23.3 Å². The number of aryl methyl sites for hydroxylation is 1. The third-order valence-corrected chi connectivity index (χ3v) is 2.86. The molecule has 17 heavy (non-hydrogen) atoms. The van der Waals surface area contributed by atoms with E-state index in [0.29, 0.717) is 30.1 Å². The lowest BCUT2D eigenvalue weighted by Gasteiger charge is -2.18. The van der Waals surface area contributed by atoms with Crippen LogP contribution in [0.15, 0.2) is 12.1 Å². The monoisotopic (exact) mass is 234 g/mol. The number of rotatable bonds is 3. The summed E-state index contributed by atoms with van der Waals surface area (Å²) < 4.78 is 5.20. The molecule has 0 unspecified atom stereocenters. The lowest BCUT2D eigenvalue weighted by Crippen LogP contribution is -2.34. The molecule has 2 rings (SSSR count). The molecule has 2 N–H and O–H groups in total. The van der Waals surface area contributed by atoms with Crippen LogP contribution in [-0.2, 0) is 4.79 Å². The van der Waals surface area contributed by atoms with Gasteiger partial charge in [0.15, 0.2) is 0 Å². The van der Waals surface area contributed by atoms with Crippen LogP contribution in [0.25, 0.3) is 0 Å². The van der Waals surface area contributed by atoms with E-state index in [2.05, 4.69) is 0 Å². The standard InChI is InChI=1S/C12H14N2O3/c1-7-3-4-8(17-2)10-9(7)11(15)12(16)14(10)6-5-13/h3-4H,5-6,13H2,1-2H3. The number of nitrogens with two attached hydrogens (primary N) is 1. The molecule has 1 aliphatic heterocycles. The second-order valence-electron chi connectivity index (χ2n) is 3.88. The quantitative estimate of drug-likeness (QED) is 0.772. The Labute approximate surface area is 99.2 Å². The second-order valence-corrected chi connectivity index (χ2v) is 3.88. The molecule has 0 aliphatic carbocycles. The summed E-state index contributed by atoms with van der Waals surface area (Å²) in [6, 6.07) is 3.53. The molecule has 90 valence electrons. The predicted octanol–water partition coefficient (Wildman–Crippen LogP) is 0.492. The van der Waals surface area contributed by atoms with Crippen molar-refractivity contribution in [2.24, 2.45) is 5.73 Å². The molecule has 0 saturated carbocycles. The summed E-state index contributed by atoms with van der Waals surface area (Å²) in [5.74, 6) is -0.485. The molecule has 5 nitrogen and oxygen atoms in total. The van der Waals surface area contributed by atoms with E-state index in [0.717, 1.165) is 5.56 Å². The van der Waals surface area contributed by atoms with Gasteiger partial charge in [-0.1, -0.05) is 6.07 Å². The lowest BCUT2D eigenvalue weighted by atomic mass is 10.0. The molecule has 0 aromatic heterocycles. The zero-order valence-electron chi connectivity index (χ0n) is 9.82. The minimum atomic E-state index is -0.530. The van der Waals surface area contributed by atoms with Gasteiger partial charge < -0.3 is 15.4 Å². The number of ketones is 1. The largest absolute Gasteiger partial charge is 0.495 e. The van der Waals surface area contributed by atoms with Gasteiger partial charge in [-0.15, -0.1) is 0 Å². The molecule has 5 heteroatoms. The molecule has 1 aromatic carbocycles. The van der Waals surface area contributed by atoms with E-state index in [4.69, 9.17) is 10.5 Å². The molecule has 0 fully saturated rings. The van der Waals surface area contributed by atoms with Gasteiger partial charge in [0.25, 0.3) is 11.7 Å². The predicted molar refractivity (Wildman–Crippen MR) is 63.5 cm³/mol. The molecule has 0 spiro atoms. The van der Waals surface area contributed by atoms with Gasteiger partial charge in [0, 0.05) is 13.1 Å². The SMILES string of the molecule is COc1ccc(C)c2c1N(CCN)C(=O)C2=O. The van der Waals surface area contributed by atoms with Gasteiger partial charge in [0.1, 0.15) is 5.75 Å². The van der Waals surface area contributed by atoms with Crippen LogP contribution in [0.4, 0.5) is 5.69 Å². The Morgan fingerprint density at radius 2 is 2.06 bits per heavy atom. The summed E-state index contributed by atoms with van der Waals surface area (Å²) in [7, 11) is 1.51. The molecular formula is C12H14N2O3. The number of amides is 1. The fourth-order valence-corrected chi connectivity index (χ4v) is 2.07. The highest BCUT2D eigenvalue weighted by molar-refractivity contribution is 6.53. The Balaban J connectivity index is 2.65. The Morgan fingerprint density at radius 3 is 2.65 bits per heavy atom. The van der Waals surface area contributed by atoms with Crippen molar-refractivity contribution < 1.29 is 14.3 Å². The van der Waals surface area contributed by atoms with Crippen molar-refractivity contribution in [1.82, 2.24) is 0 Å². The minimum Gasteiger partial charge on any atom is -0.495 e. The second kappa shape index (κ2) is 4.18. The van der Waals surface area contributed by atoms with Crippen LogP contribution in [0.3, 0.4) is 0 Å². The molecule has 0 bridgehead atoms. The van der Waals surface area contributed by atoms with Gasteiger partial charge in [-0.3, -0.25) is 9.59 Å². The smallest absolute Gasteiger partial charge is 0.299 e. The van der Waals surface area contributed by atoms with Gasteiger partial charge in [-0.05, 0) is 18.6 Å². The fraction of sp³-hybridized carbons (Fsp3) is 0.333. The highest BCUT2D eigenvalue weighted by Crippen LogP contribution is 2.39. The number of fused-ring (bicyclic) bond motifs is 1. The summed E-state index contributed by atoms with van der Waals surface area (Å²) >= 11 is 0. The van der Waals surface area contributed by atoms with E-state index in [9.17, 15) is 9.59 Å². The first-order chi connectivity index (χ1) is 8.11. The molecule has 1 aromatic rings. The number of hydrogen-bond acceptors (Lipinski definition) is 4. The van der Waals surface area contributed by atoms with Gasteiger partial charge in [0.2, 0.25) is 0 Å². The van der Waals surface area contributed by atoms with Crippen molar-refractivity contribution in [2.45, 2.75) is 6.92 Å². The number of carbonyl (C=O) groups excluding carboxylic acids is 2. The van der Waals surface area contributed by atoms with Gasteiger partial charge in [-0.25, -0.2) is 0 Å². The fourth-order valence-electron chi connectivity index (χ4n) is 2.07. The number of ether oxygens (including phenoxy) is 1. The number of carbonyl (C=O) groups is 2. The van der Waals surface area contributed by atoms with E-state index < -0.39 is 11.7 Å². The van der Waals surface area contributed by atoms with Crippen molar-refractivity contribution >= 4 is 17.4 Å². The highest BCUT2D eigenvalue weighted by atomic mass is 16.5. The first-order valence-corrected chi connectivity index (χ1v) is 5.35. The molecular weight excluding hydrogens is 220 g/mol. The number of anilines is 1. The molecule has 1 amide bonds. The van der Waals surface area contributed by atoms with Crippen molar-refractivity contribution in [2.75, 3.05) is 25.1 Å². The molecule has 1 heterocycles. The van der Waals surface area contributed by atoms with E-state index in [-0.39, 0.29) is 0 Å². The van der Waals surface area contributed by atoms with E-state index in [1.807, 2.05) is 0 Å². The van der Waals surface area contributed by atoms with Crippen LogP contribution >= 0.6 is 0 Å². The summed E-state index contributed by atoms with van der Waals surface area (Å²) in [4.78, 5) is 25.1. The van der Waals surface area contributed by atoms with Crippen LogP contribution in [0.2, 0.25) is 0 Å². The normalized spacial score (nSPS) is 14.2. The van der Waals surface area contributed by atoms with Crippen LogP contribution in [0.5, 0.6) is 5.75 Å². The van der Waals surface area contributed by atoms with Crippen LogP contribution in [-0.4, -0.2) is 31.9 Å². The van der Waals surface area contributed by atoms with E-state index >= 15 is 0 Å². The number of nitrogens with zero attached hydrogens (tertiary/aromatic N) is 1. The Morgan fingerprint density at radius 1 is 1.35 bits per heavy atom. The van der Waals surface area contributed by atoms with Crippen LogP contribution in [0.1, 0.15) is 15.9 Å². The number of benzene rings is 1. The first-order valence-electron chi connectivity index (χ1n) is 5.35. The lowest BCUT2D eigenvalue weighted by molar-refractivity contribution is -0.114. The van der Waals surface area contributed by atoms with Crippen molar-refractivity contribution in [1.29, 1.82) is 0 Å². The zero-order valence-corrected chi connectivity index (χ0v) is 9.82. The molecule has 1 aliphatic rings. The minimum absolute atomic E-state index is 0.301. The average Bonchev–Trinajstić information content (AvgIpc) is 2.57. The van der Waals surface area contributed by atoms with Gasteiger partial charge >= 0.3 is 0 Å². The van der Waals surface area contributed by atoms with Crippen LogP contribution in [0, 0.1) is 6.92 Å². The van der Waals surface area contributed by atoms with E-state index in [1.165, 1.54) is 12.0 Å². The van der Waals surface area contributed by atoms with Gasteiger partial charge in [-0.2, -0.15) is 0 Å². The molecule has 0 radical (unpaired) electrons. The molecule has 0 atom stereocenters. The van der Waals surface area contributed by atoms with Crippen molar-refractivity contribution in [3.63, 3.8) is 0 Å². The maximum atomic E-state index is 11.9. The Hall–Kier alpha value is -1.88. The number of hydrogen-bond donors (Lipinski definition) is 1. The zero-order chi connectivity index (χ0) is 12.6. The summed E-state index contributed by atoms with van der Waals surface area (Å²) in [5, 5.41) is 0. The molecule has 0 saturated heterocycles. The third kappa shape index (κ3) is 1.59. The summed E-state index contributed by atoms with van der Waals surface area (Å²) in [5.41, 5.74) is 7.22. The van der Waals surface area contributed by atoms with Crippen LogP contribution < -0.4 is 15.4 Å². The maximum Gasteiger partial charge on any atom is 0.299 e. The summed E-state index contributed by atoms with van der Waals surface area (Å²) in [6.45, 7) is 2.42. The Bertz CT molecular complexity index is 497. The highest BCUT2D eigenvalue weighted by Gasteiger charge is 2.38. The summed E-state index contributed by atoms with van der Waals surface area (Å²) in [6.07, 6.45) is 0. The van der Waals surface area contributed by atoms with Crippen molar-refractivity contribution in [3.8, 4) is 5.75 Å².